The zero-order chi connectivity index (χ0) is 14.8. The van der Waals surface area contributed by atoms with Crippen LogP contribution in [0.3, 0.4) is 0 Å². The molecule has 4 heteroatoms. The highest BCUT2D eigenvalue weighted by molar-refractivity contribution is 9.10. The van der Waals surface area contributed by atoms with E-state index in [9.17, 15) is 5.11 Å². The number of likely N-dealkylation sites (N-methyl/N-ethyl adjacent to an activating group) is 1. The molecule has 21 heavy (non-hydrogen) atoms. The van der Waals surface area contributed by atoms with Gasteiger partial charge in [-0.1, -0.05) is 18.9 Å². The lowest BCUT2D eigenvalue weighted by Crippen LogP contribution is -2.43. The first-order chi connectivity index (χ1) is 10.1. The summed E-state index contributed by atoms with van der Waals surface area (Å²) in [6.45, 7) is 0.944. The molecule has 1 aromatic rings. The van der Waals surface area contributed by atoms with Crippen molar-refractivity contribution in [2.45, 2.75) is 63.3 Å². The van der Waals surface area contributed by atoms with Crippen LogP contribution in [0.15, 0.2) is 22.7 Å². The van der Waals surface area contributed by atoms with Crippen molar-refractivity contribution in [3.05, 3.63) is 28.2 Å². The number of benzene rings is 1. The first-order valence-electron chi connectivity index (χ1n) is 8.08. The van der Waals surface area contributed by atoms with E-state index >= 15 is 0 Å². The molecule has 0 radical (unpaired) electrons. The highest BCUT2D eigenvalue weighted by atomic mass is 79.9. The van der Waals surface area contributed by atoms with Crippen LogP contribution in [0.2, 0.25) is 0 Å². The third kappa shape index (κ3) is 3.79. The van der Waals surface area contributed by atoms with Crippen LogP contribution < -0.4 is 10.2 Å². The van der Waals surface area contributed by atoms with Crippen LogP contribution in [0, 0.1) is 0 Å². The van der Waals surface area contributed by atoms with Crippen LogP contribution in [0.25, 0.3) is 0 Å². The van der Waals surface area contributed by atoms with E-state index in [-0.39, 0.29) is 12.1 Å². The van der Waals surface area contributed by atoms with Gasteiger partial charge >= 0.3 is 0 Å². The Morgan fingerprint density at radius 2 is 2.00 bits per heavy atom. The molecule has 0 spiro atoms. The minimum Gasteiger partial charge on any atom is -0.391 e. The fourth-order valence-corrected chi connectivity index (χ4v) is 3.92. The highest BCUT2D eigenvalue weighted by Crippen LogP contribution is 2.32. The average molecular weight is 353 g/mol. The monoisotopic (exact) mass is 352 g/mol. The highest BCUT2D eigenvalue weighted by Gasteiger charge is 2.27. The van der Waals surface area contributed by atoms with Crippen LogP contribution in [-0.2, 0) is 6.54 Å². The Labute approximate surface area is 135 Å². The number of nitrogens with one attached hydrogen (secondary N) is 1. The van der Waals surface area contributed by atoms with Gasteiger partial charge in [0.05, 0.1) is 17.8 Å². The molecule has 116 valence electrons. The van der Waals surface area contributed by atoms with Gasteiger partial charge in [-0.3, -0.25) is 0 Å². The summed E-state index contributed by atoms with van der Waals surface area (Å²) in [6.07, 6.45) is 6.81. The van der Waals surface area contributed by atoms with Crippen molar-refractivity contribution in [2.75, 3.05) is 11.9 Å². The summed E-state index contributed by atoms with van der Waals surface area (Å²) in [7, 11) is 2.10. The molecule has 0 aromatic heterocycles. The maximum absolute atomic E-state index is 10.2. The second-order valence-electron chi connectivity index (χ2n) is 6.47. The minimum atomic E-state index is -0.202. The maximum Gasteiger partial charge on any atom is 0.0743 e. The lowest BCUT2D eigenvalue weighted by atomic mass is 9.91. The van der Waals surface area contributed by atoms with Crippen molar-refractivity contribution in [2.24, 2.45) is 0 Å². The molecule has 2 atom stereocenters. The normalized spacial score (nSPS) is 25.9. The third-order valence-electron chi connectivity index (χ3n) is 4.76. The molecular formula is C17H25BrN2O. The van der Waals surface area contributed by atoms with Gasteiger partial charge in [-0.2, -0.15) is 0 Å². The number of aliphatic hydroxyl groups excluding tert-OH is 1. The fraction of sp³-hybridized carbons (Fsp3) is 0.647. The maximum atomic E-state index is 10.2. The van der Waals surface area contributed by atoms with E-state index in [2.05, 4.69) is 51.4 Å². The molecule has 2 aliphatic carbocycles. The summed E-state index contributed by atoms with van der Waals surface area (Å²) in [6, 6.07) is 7.56. The van der Waals surface area contributed by atoms with Gasteiger partial charge in [0.2, 0.25) is 0 Å². The summed E-state index contributed by atoms with van der Waals surface area (Å²) < 4.78 is 1.12. The van der Waals surface area contributed by atoms with Crippen molar-refractivity contribution in [3.63, 3.8) is 0 Å². The second-order valence-corrected chi connectivity index (χ2v) is 7.33. The first-order valence-corrected chi connectivity index (χ1v) is 8.87. The minimum absolute atomic E-state index is 0.202. The van der Waals surface area contributed by atoms with Crippen molar-refractivity contribution in [1.29, 1.82) is 0 Å². The SMILES string of the molecule is CN(c1ccc(CNC2CC2)cc1Br)C1CCCCC1O. The Bertz CT molecular complexity index is 490. The summed E-state index contributed by atoms with van der Waals surface area (Å²) in [5.41, 5.74) is 2.49. The molecule has 0 aliphatic heterocycles. The molecule has 2 unspecified atom stereocenters. The molecule has 2 N–H and O–H groups in total. The Morgan fingerprint density at radius 1 is 1.24 bits per heavy atom. The van der Waals surface area contributed by atoms with E-state index in [1.807, 2.05) is 0 Å². The molecule has 0 bridgehead atoms. The average Bonchev–Trinajstić information content (AvgIpc) is 3.29. The van der Waals surface area contributed by atoms with Crippen molar-refractivity contribution in [3.8, 4) is 0 Å². The summed E-state index contributed by atoms with van der Waals surface area (Å²) in [5, 5.41) is 13.8. The number of aliphatic hydroxyl groups is 1. The van der Waals surface area contributed by atoms with Crippen LogP contribution >= 0.6 is 15.9 Å². The largest absolute Gasteiger partial charge is 0.391 e. The van der Waals surface area contributed by atoms with E-state index in [1.54, 1.807) is 0 Å². The van der Waals surface area contributed by atoms with E-state index in [1.165, 1.54) is 30.5 Å². The van der Waals surface area contributed by atoms with E-state index in [0.29, 0.717) is 0 Å². The van der Waals surface area contributed by atoms with Gasteiger partial charge < -0.3 is 15.3 Å². The molecule has 0 amide bonds. The van der Waals surface area contributed by atoms with Crippen LogP contribution in [0.4, 0.5) is 5.69 Å². The quantitative estimate of drug-likeness (QED) is 0.851. The van der Waals surface area contributed by atoms with Gasteiger partial charge in [-0.05, 0) is 59.3 Å². The van der Waals surface area contributed by atoms with E-state index in [4.69, 9.17) is 0 Å². The molecule has 2 saturated carbocycles. The van der Waals surface area contributed by atoms with Crippen molar-refractivity contribution < 1.29 is 5.11 Å². The van der Waals surface area contributed by atoms with Gasteiger partial charge in [-0.15, -0.1) is 0 Å². The van der Waals surface area contributed by atoms with Gasteiger partial charge in [0.1, 0.15) is 0 Å². The summed E-state index contributed by atoms with van der Waals surface area (Å²) >= 11 is 3.71. The Balaban J connectivity index is 1.68. The predicted molar refractivity (Wildman–Crippen MR) is 90.7 cm³/mol. The second kappa shape index (κ2) is 6.67. The molecule has 0 heterocycles. The zero-order valence-corrected chi connectivity index (χ0v) is 14.3. The molecule has 0 saturated heterocycles. The van der Waals surface area contributed by atoms with Crippen LogP contribution in [-0.4, -0.2) is 30.3 Å². The summed E-state index contributed by atoms with van der Waals surface area (Å²) in [5.74, 6) is 0. The van der Waals surface area contributed by atoms with E-state index < -0.39 is 0 Å². The van der Waals surface area contributed by atoms with Gasteiger partial charge in [0.15, 0.2) is 0 Å². The van der Waals surface area contributed by atoms with Crippen molar-refractivity contribution in [1.82, 2.24) is 5.32 Å². The van der Waals surface area contributed by atoms with Crippen LogP contribution in [0.5, 0.6) is 0 Å². The standard InChI is InChI=1S/C17H25BrN2O/c1-20(16-4-2-3-5-17(16)21)15-9-6-12(10-14(15)18)11-19-13-7-8-13/h6,9-10,13,16-17,19,21H,2-5,7-8,11H2,1H3. The number of nitrogens with zero attached hydrogens (tertiary/aromatic N) is 1. The molecule has 2 fully saturated rings. The van der Waals surface area contributed by atoms with E-state index in [0.717, 1.165) is 36.3 Å². The molecule has 2 aliphatic rings. The number of rotatable bonds is 5. The third-order valence-corrected chi connectivity index (χ3v) is 5.39. The van der Waals surface area contributed by atoms with Crippen LogP contribution in [0.1, 0.15) is 44.1 Å². The van der Waals surface area contributed by atoms with Gasteiger partial charge in [-0.25, -0.2) is 0 Å². The van der Waals surface area contributed by atoms with Gasteiger partial charge in [0, 0.05) is 24.1 Å². The molecule has 3 rings (SSSR count). The number of hydrogen-bond acceptors (Lipinski definition) is 3. The zero-order valence-electron chi connectivity index (χ0n) is 12.7. The Morgan fingerprint density at radius 3 is 2.67 bits per heavy atom. The number of halogens is 1. The first kappa shape index (κ1) is 15.3. The number of anilines is 1. The van der Waals surface area contributed by atoms with Gasteiger partial charge in [0.25, 0.3) is 0 Å². The Hall–Kier alpha value is -0.580. The predicted octanol–water partition coefficient (Wildman–Crippen LogP) is 3.44. The molecule has 3 nitrogen and oxygen atoms in total. The topological polar surface area (TPSA) is 35.5 Å². The number of hydrogen-bond donors (Lipinski definition) is 2. The fourth-order valence-electron chi connectivity index (χ4n) is 3.22. The smallest absolute Gasteiger partial charge is 0.0743 e. The molecule has 1 aromatic carbocycles. The lowest BCUT2D eigenvalue weighted by molar-refractivity contribution is 0.106. The molecular weight excluding hydrogens is 328 g/mol. The summed E-state index contributed by atoms with van der Waals surface area (Å²) in [4.78, 5) is 2.24. The lowest BCUT2D eigenvalue weighted by Gasteiger charge is -2.37. The Kier molecular flexibility index (Phi) is 4.87. The van der Waals surface area contributed by atoms with Crippen molar-refractivity contribution >= 4 is 21.6 Å².